The van der Waals surface area contributed by atoms with Crippen molar-refractivity contribution in [1.82, 2.24) is 20.3 Å². The Morgan fingerprint density at radius 1 is 1.15 bits per heavy atom. The first-order chi connectivity index (χ1) is 18.8. The van der Waals surface area contributed by atoms with E-state index in [1.807, 2.05) is 30.3 Å². The van der Waals surface area contributed by atoms with Crippen molar-refractivity contribution >= 4 is 23.7 Å². The first kappa shape index (κ1) is 27.8. The molecule has 5 rings (SSSR count). The second-order valence-corrected chi connectivity index (χ2v) is 12.8. The fourth-order valence-corrected chi connectivity index (χ4v) is 7.53. The Balaban J connectivity index is 1.26. The van der Waals surface area contributed by atoms with E-state index >= 15 is 0 Å². The number of hydrogen-bond donors (Lipinski definition) is 1. The van der Waals surface area contributed by atoms with E-state index in [1.165, 1.54) is 31.0 Å². The van der Waals surface area contributed by atoms with Gasteiger partial charge >= 0.3 is 6.03 Å². The Kier molecular flexibility index (Phi) is 8.71. The lowest BCUT2D eigenvalue weighted by Crippen LogP contribution is -2.52. The molecule has 1 N–H and O–H groups in total. The number of urea groups is 1. The van der Waals surface area contributed by atoms with Crippen molar-refractivity contribution in [3.63, 3.8) is 0 Å². The van der Waals surface area contributed by atoms with Crippen LogP contribution in [-0.2, 0) is 4.74 Å². The first-order valence-corrected chi connectivity index (χ1v) is 14.9. The molecule has 2 aromatic rings. The van der Waals surface area contributed by atoms with Crippen LogP contribution in [0.2, 0.25) is 0 Å². The van der Waals surface area contributed by atoms with E-state index in [0.717, 1.165) is 23.7 Å². The van der Waals surface area contributed by atoms with Gasteiger partial charge < -0.3 is 29.1 Å². The number of aromatic nitrogens is 1. The van der Waals surface area contributed by atoms with Gasteiger partial charge in [0.2, 0.25) is 5.76 Å². The van der Waals surface area contributed by atoms with Crippen molar-refractivity contribution in [2.75, 3.05) is 46.5 Å². The number of carbonyl (C=O) groups is 2. The van der Waals surface area contributed by atoms with Gasteiger partial charge in [0, 0.05) is 30.6 Å². The zero-order chi connectivity index (χ0) is 27.4. The van der Waals surface area contributed by atoms with E-state index in [0.29, 0.717) is 49.6 Å². The third kappa shape index (κ3) is 6.90. The van der Waals surface area contributed by atoms with E-state index in [-0.39, 0.29) is 35.7 Å². The molecule has 2 aliphatic carbocycles. The predicted molar refractivity (Wildman–Crippen MR) is 148 cm³/mol. The van der Waals surface area contributed by atoms with Crippen molar-refractivity contribution in [2.24, 2.45) is 17.8 Å². The lowest BCUT2D eigenvalue weighted by molar-refractivity contribution is 0.0443. The van der Waals surface area contributed by atoms with E-state index in [1.54, 1.807) is 16.8 Å². The number of benzene rings is 1. The summed E-state index contributed by atoms with van der Waals surface area (Å²) in [5.41, 5.74) is -0.268. The molecule has 0 radical (unpaired) electrons. The minimum absolute atomic E-state index is 0.0547. The molecule has 1 aliphatic heterocycles. The summed E-state index contributed by atoms with van der Waals surface area (Å²) in [6, 6.07) is 9.74. The standard InChI is InChI=1S/C29H40N4O5S/c1-20-15-21-17-22(16-20)19-29(2,18-21)30-26(34)24-25(39-23-7-5-4-6-8-23)27(31-38-24)37-14-9-32(3)28(35)33-10-12-36-13-11-33/h4-8,20-22H,9-19H2,1-3H3,(H,30,34). The number of likely N-dealkylation sites (N-methyl/N-ethyl adjacent to an activating group) is 1. The minimum atomic E-state index is -0.268. The maximum Gasteiger partial charge on any atom is 0.320 e. The zero-order valence-corrected chi connectivity index (χ0v) is 24.0. The van der Waals surface area contributed by atoms with Gasteiger partial charge in [-0.3, -0.25) is 4.79 Å². The van der Waals surface area contributed by atoms with Crippen LogP contribution in [0.15, 0.2) is 44.6 Å². The van der Waals surface area contributed by atoms with E-state index < -0.39 is 0 Å². The minimum Gasteiger partial charge on any atom is -0.473 e. The van der Waals surface area contributed by atoms with Crippen LogP contribution in [0.1, 0.15) is 56.5 Å². The maximum atomic E-state index is 13.6. The molecule has 3 fully saturated rings. The fraction of sp³-hybridized carbons (Fsp3) is 0.621. The zero-order valence-electron chi connectivity index (χ0n) is 23.2. The van der Waals surface area contributed by atoms with Gasteiger partial charge in [-0.05, 0) is 74.1 Å². The van der Waals surface area contributed by atoms with Crippen molar-refractivity contribution in [1.29, 1.82) is 0 Å². The number of morpholine rings is 1. The van der Waals surface area contributed by atoms with Gasteiger partial charge in [0.25, 0.3) is 11.8 Å². The SMILES string of the molecule is CC1CC2CC(C1)CC(C)(NC(=O)c1onc(OCCN(C)C(=O)N3CCOCC3)c1Sc1ccccc1)C2. The molecule has 2 atom stereocenters. The maximum absolute atomic E-state index is 13.6. The van der Waals surface area contributed by atoms with Crippen LogP contribution in [0.4, 0.5) is 4.79 Å². The average Bonchev–Trinajstić information content (AvgIpc) is 3.30. The molecule has 1 aromatic heterocycles. The van der Waals surface area contributed by atoms with Crippen molar-refractivity contribution < 1.29 is 23.6 Å². The molecule has 10 heteroatoms. The van der Waals surface area contributed by atoms with Crippen molar-refractivity contribution in [3.8, 4) is 5.88 Å². The molecule has 2 unspecified atom stereocenters. The third-order valence-electron chi connectivity index (χ3n) is 8.10. The number of amides is 3. The summed E-state index contributed by atoms with van der Waals surface area (Å²) in [6.07, 6.45) is 5.72. The number of fused-ring (bicyclic) bond motifs is 2. The monoisotopic (exact) mass is 556 g/mol. The highest BCUT2D eigenvalue weighted by Crippen LogP contribution is 2.46. The third-order valence-corrected chi connectivity index (χ3v) is 9.17. The van der Waals surface area contributed by atoms with Crippen LogP contribution < -0.4 is 10.1 Å². The van der Waals surface area contributed by atoms with E-state index in [4.69, 9.17) is 14.0 Å². The van der Waals surface area contributed by atoms with E-state index in [2.05, 4.69) is 24.3 Å². The molecular formula is C29H40N4O5S. The van der Waals surface area contributed by atoms with Crippen LogP contribution in [0, 0.1) is 17.8 Å². The van der Waals surface area contributed by atoms with Gasteiger partial charge in [-0.1, -0.05) is 36.9 Å². The molecule has 9 nitrogen and oxygen atoms in total. The Morgan fingerprint density at radius 2 is 1.85 bits per heavy atom. The van der Waals surface area contributed by atoms with Gasteiger partial charge in [0.1, 0.15) is 11.5 Å². The van der Waals surface area contributed by atoms with Gasteiger partial charge in [0.05, 0.1) is 19.8 Å². The van der Waals surface area contributed by atoms with Crippen LogP contribution in [0.3, 0.4) is 0 Å². The summed E-state index contributed by atoms with van der Waals surface area (Å²) < 4.78 is 16.9. The molecule has 2 saturated carbocycles. The second-order valence-electron chi connectivity index (χ2n) is 11.7. The molecule has 1 saturated heterocycles. The summed E-state index contributed by atoms with van der Waals surface area (Å²) in [7, 11) is 1.75. The van der Waals surface area contributed by atoms with E-state index in [9.17, 15) is 9.59 Å². The Labute approximate surface area is 234 Å². The predicted octanol–water partition coefficient (Wildman–Crippen LogP) is 4.92. The Morgan fingerprint density at radius 3 is 2.54 bits per heavy atom. The topological polar surface area (TPSA) is 97.1 Å². The number of ether oxygens (including phenoxy) is 2. The first-order valence-electron chi connectivity index (χ1n) is 14.1. The largest absolute Gasteiger partial charge is 0.473 e. The summed E-state index contributed by atoms with van der Waals surface area (Å²) in [4.78, 5) is 31.2. The van der Waals surface area contributed by atoms with Crippen molar-refractivity contribution in [2.45, 2.75) is 61.3 Å². The molecule has 2 heterocycles. The molecule has 2 bridgehead atoms. The van der Waals surface area contributed by atoms with Gasteiger partial charge in [-0.25, -0.2) is 4.79 Å². The van der Waals surface area contributed by atoms with Crippen LogP contribution in [-0.4, -0.2) is 78.9 Å². The highest BCUT2D eigenvalue weighted by molar-refractivity contribution is 7.99. The second kappa shape index (κ2) is 12.2. The molecule has 1 aromatic carbocycles. The average molecular weight is 557 g/mol. The Bertz CT molecular complexity index is 1120. The molecule has 212 valence electrons. The van der Waals surface area contributed by atoms with Crippen LogP contribution in [0.25, 0.3) is 0 Å². The number of nitrogens with one attached hydrogen (secondary N) is 1. The molecule has 3 amide bonds. The lowest BCUT2D eigenvalue weighted by atomic mass is 9.62. The molecule has 3 aliphatic rings. The number of rotatable bonds is 8. The number of hydrogen-bond acceptors (Lipinski definition) is 7. The molecule has 0 spiro atoms. The van der Waals surface area contributed by atoms with Gasteiger partial charge in [0.15, 0.2) is 0 Å². The molecular weight excluding hydrogens is 516 g/mol. The van der Waals surface area contributed by atoms with Crippen LogP contribution in [0.5, 0.6) is 5.88 Å². The summed E-state index contributed by atoms with van der Waals surface area (Å²) in [6.45, 7) is 7.39. The van der Waals surface area contributed by atoms with Gasteiger partial charge in [-0.2, -0.15) is 0 Å². The number of nitrogens with zero attached hydrogens (tertiary/aromatic N) is 3. The quantitative estimate of drug-likeness (QED) is 0.493. The van der Waals surface area contributed by atoms with Crippen LogP contribution >= 0.6 is 11.8 Å². The highest BCUT2D eigenvalue weighted by atomic mass is 32.2. The molecule has 39 heavy (non-hydrogen) atoms. The Hall–Kier alpha value is -2.72. The normalized spacial score (nSPS) is 26.6. The summed E-state index contributed by atoms with van der Waals surface area (Å²) in [5, 5.41) is 7.45. The van der Waals surface area contributed by atoms with Crippen molar-refractivity contribution in [3.05, 3.63) is 36.1 Å². The van der Waals surface area contributed by atoms with Gasteiger partial charge in [-0.15, -0.1) is 0 Å². The summed E-state index contributed by atoms with van der Waals surface area (Å²) >= 11 is 1.40. The summed E-state index contributed by atoms with van der Waals surface area (Å²) in [5.74, 6) is 2.25. The lowest BCUT2D eigenvalue weighted by Gasteiger charge is -2.47. The highest BCUT2D eigenvalue weighted by Gasteiger charge is 2.42. The fourth-order valence-electron chi connectivity index (χ4n) is 6.59. The number of carbonyl (C=O) groups excluding carboxylic acids is 2. The smallest absolute Gasteiger partial charge is 0.320 e.